The third-order valence-corrected chi connectivity index (χ3v) is 4.26. The topological polar surface area (TPSA) is 29.1 Å². The second-order valence-electron chi connectivity index (χ2n) is 5.01. The summed E-state index contributed by atoms with van der Waals surface area (Å²) >= 11 is 5.97. The SMILES string of the molecule is CCC(C)C(=O)NCC1CCCCC1CCl. The van der Waals surface area contributed by atoms with Gasteiger partial charge in [-0.2, -0.15) is 0 Å². The summed E-state index contributed by atoms with van der Waals surface area (Å²) in [6.45, 7) is 4.85. The molecule has 1 amide bonds. The van der Waals surface area contributed by atoms with Crippen molar-refractivity contribution in [3.8, 4) is 0 Å². The molecule has 94 valence electrons. The normalized spacial score (nSPS) is 27.4. The van der Waals surface area contributed by atoms with E-state index in [1.54, 1.807) is 0 Å². The van der Waals surface area contributed by atoms with Crippen LogP contribution in [0.4, 0.5) is 0 Å². The molecule has 3 unspecified atom stereocenters. The first-order valence-corrected chi connectivity index (χ1v) is 7.06. The molecular formula is C13H24ClNO. The lowest BCUT2D eigenvalue weighted by atomic mass is 9.80. The molecule has 1 saturated carbocycles. The van der Waals surface area contributed by atoms with Crippen molar-refractivity contribution in [2.45, 2.75) is 46.0 Å². The molecule has 1 aliphatic carbocycles. The van der Waals surface area contributed by atoms with Crippen molar-refractivity contribution in [2.75, 3.05) is 12.4 Å². The van der Waals surface area contributed by atoms with Gasteiger partial charge < -0.3 is 5.32 Å². The summed E-state index contributed by atoms with van der Waals surface area (Å²) in [5.74, 6) is 2.27. The van der Waals surface area contributed by atoms with Crippen LogP contribution in [0, 0.1) is 17.8 Å². The molecule has 0 heterocycles. The van der Waals surface area contributed by atoms with Crippen LogP contribution in [-0.2, 0) is 4.79 Å². The Balaban J connectivity index is 2.32. The Kier molecular flexibility index (Phi) is 6.18. The maximum atomic E-state index is 11.7. The highest BCUT2D eigenvalue weighted by molar-refractivity contribution is 6.18. The second kappa shape index (κ2) is 7.16. The van der Waals surface area contributed by atoms with E-state index in [0.717, 1.165) is 18.8 Å². The van der Waals surface area contributed by atoms with Gasteiger partial charge in [0.15, 0.2) is 0 Å². The van der Waals surface area contributed by atoms with Gasteiger partial charge in [0.05, 0.1) is 0 Å². The fourth-order valence-corrected chi connectivity index (χ4v) is 2.75. The van der Waals surface area contributed by atoms with Crippen LogP contribution in [0.3, 0.4) is 0 Å². The predicted molar refractivity (Wildman–Crippen MR) is 68.6 cm³/mol. The molecule has 1 N–H and O–H groups in total. The maximum Gasteiger partial charge on any atom is 0.222 e. The summed E-state index contributed by atoms with van der Waals surface area (Å²) in [5.41, 5.74) is 0. The first kappa shape index (κ1) is 13.8. The molecule has 0 spiro atoms. The zero-order valence-corrected chi connectivity index (χ0v) is 11.2. The van der Waals surface area contributed by atoms with E-state index in [2.05, 4.69) is 5.32 Å². The largest absolute Gasteiger partial charge is 0.356 e. The highest BCUT2D eigenvalue weighted by atomic mass is 35.5. The molecule has 0 aliphatic heterocycles. The summed E-state index contributed by atoms with van der Waals surface area (Å²) in [6, 6.07) is 0. The standard InChI is InChI=1S/C13H24ClNO/c1-3-10(2)13(16)15-9-12-7-5-4-6-11(12)8-14/h10-12H,3-9H2,1-2H3,(H,15,16). The van der Waals surface area contributed by atoms with Crippen molar-refractivity contribution >= 4 is 17.5 Å². The van der Waals surface area contributed by atoms with E-state index in [9.17, 15) is 4.79 Å². The van der Waals surface area contributed by atoms with Crippen molar-refractivity contribution in [1.29, 1.82) is 0 Å². The van der Waals surface area contributed by atoms with E-state index >= 15 is 0 Å². The molecule has 1 aliphatic rings. The quantitative estimate of drug-likeness (QED) is 0.741. The number of carbonyl (C=O) groups excluding carboxylic acids is 1. The molecule has 0 bridgehead atoms. The number of carbonyl (C=O) groups is 1. The molecule has 2 nitrogen and oxygen atoms in total. The summed E-state index contributed by atoms with van der Waals surface area (Å²) in [5, 5.41) is 3.07. The number of alkyl halides is 1. The summed E-state index contributed by atoms with van der Waals surface area (Å²) < 4.78 is 0. The van der Waals surface area contributed by atoms with E-state index in [0.29, 0.717) is 11.8 Å². The van der Waals surface area contributed by atoms with Crippen molar-refractivity contribution in [1.82, 2.24) is 5.32 Å². The Morgan fingerprint density at radius 1 is 1.38 bits per heavy atom. The van der Waals surface area contributed by atoms with Crippen LogP contribution in [0.2, 0.25) is 0 Å². The van der Waals surface area contributed by atoms with Crippen LogP contribution in [0.25, 0.3) is 0 Å². The minimum atomic E-state index is 0.137. The van der Waals surface area contributed by atoms with Gasteiger partial charge in [0, 0.05) is 18.3 Å². The number of rotatable bonds is 5. The first-order chi connectivity index (χ1) is 7.69. The third-order valence-electron chi connectivity index (χ3n) is 3.86. The number of nitrogens with one attached hydrogen (secondary N) is 1. The van der Waals surface area contributed by atoms with Gasteiger partial charge in [-0.3, -0.25) is 4.79 Å². The number of halogens is 1. The molecule has 1 fully saturated rings. The number of hydrogen-bond donors (Lipinski definition) is 1. The molecule has 3 heteroatoms. The van der Waals surface area contributed by atoms with Gasteiger partial charge in [-0.05, 0) is 31.1 Å². The van der Waals surface area contributed by atoms with Gasteiger partial charge in [0.25, 0.3) is 0 Å². The molecule has 3 atom stereocenters. The Morgan fingerprint density at radius 2 is 2.00 bits per heavy atom. The summed E-state index contributed by atoms with van der Waals surface area (Å²) in [4.78, 5) is 11.7. The van der Waals surface area contributed by atoms with E-state index in [4.69, 9.17) is 11.6 Å². The van der Waals surface area contributed by atoms with Gasteiger partial charge in [-0.15, -0.1) is 11.6 Å². The van der Waals surface area contributed by atoms with E-state index in [-0.39, 0.29) is 11.8 Å². The van der Waals surface area contributed by atoms with Crippen LogP contribution in [-0.4, -0.2) is 18.3 Å². The molecule has 0 aromatic heterocycles. The fourth-order valence-electron chi connectivity index (χ4n) is 2.35. The van der Waals surface area contributed by atoms with Crippen molar-refractivity contribution in [2.24, 2.45) is 17.8 Å². The minimum Gasteiger partial charge on any atom is -0.356 e. The molecule has 16 heavy (non-hydrogen) atoms. The molecule has 0 saturated heterocycles. The summed E-state index contributed by atoms with van der Waals surface area (Å²) in [7, 11) is 0. The van der Waals surface area contributed by atoms with Gasteiger partial charge >= 0.3 is 0 Å². The predicted octanol–water partition coefficient (Wildman–Crippen LogP) is 3.19. The average Bonchev–Trinajstić information content (AvgIpc) is 2.35. The van der Waals surface area contributed by atoms with Gasteiger partial charge in [-0.1, -0.05) is 26.7 Å². The Labute approximate surface area is 104 Å². The van der Waals surface area contributed by atoms with E-state index in [1.807, 2.05) is 13.8 Å². The third kappa shape index (κ3) is 3.97. The lowest BCUT2D eigenvalue weighted by molar-refractivity contribution is -0.124. The second-order valence-corrected chi connectivity index (χ2v) is 5.32. The van der Waals surface area contributed by atoms with Crippen LogP contribution < -0.4 is 5.32 Å². The van der Waals surface area contributed by atoms with Crippen LogP contribution >= 0.6 is 11.6 Å². The number of amides is 1. The average molecular weight is 246 g/mol. The fraction of sp³-hybridized carbons (Fsp3) is 0.923. The zero-order chi connectivity index (χ0) is 12.0. The van der Waals surface area contributed by atoms with Crippen LogP contribution in [0.15, 0.2) is 0 Å². The first-order valence-electron chi connectivity index (χ1n) is 6.52. The zero-order valence-electron chi connectivity index (χ0n) is 10.5. The van der Waals surface area contributed by atoms with Crippen LogP contribution in [0.1, 0.15) is 46.0 Å². The smallest absolute Gasteiger partial charge is 0.222 e. The Bertz CT molecular complexity index is 220. The molecule has 0 aromatic carbocycles. The van der Waals surface area contributed by atoms with Gasteiger partial charge in [-0.25, -0.2) is 0 Å². The molecular weight excluding hydrogens is 222 g/mol. The van der Waals surface area contributed by atoms with Gasteiger partial charge in [0.2, 0.25) is 5.91 Å². The highest BCUT2D eigenvalue weighted by Gasteiger charge is 2.24. The molecule has 0 radical (unpaired) electrons. The van der Waals surface area contributed by atoms with Crippen molar-refractivity contribution < 1.29 is 4.79 Å². The van der Waals surface area contributed by atoms with Crippen LogP contribution in [0.5, 0.6) is 0 Å². The highest BCUT2D eigenvalue weighted by Crippen LogP contribution is 2.30. The molecule has 1 rings (SSSR count). The minimum absolute atomic E-state index is 0.137. The van der Waals surface area contributed by atoms with E-state index < -0.39 is 0 Å². The molecule has 0 aromatic rings. The van der Waals surface area contributed by atoms with Gasteiger partial charge in [0.1, 0.15) is 0 Å². The van der Waals surface area contributed by atoms with Crippen molar-refractivity contribution in [3.05, 3.63) is 0 Å². The van der Waals surface area contributed by atoms with Crippen molar-refractivity contribution in [3.63, 3.8) is 0 Å². The Morgan fingerprint density at radius 3 is 2.56 bits per heavy atom. The lowest BCUT2D eigenvalue weighted by Crippen LogP contribution is -2.37. The lowest BCUT2D eigenvalue weighted by Gasteiger charge is -2.30. The van der Waals surface area contributed by atoms with E-state index in [1.165, 1.54) is 25.7 Å². The summed E-state index contributed by atoms with van der Waals surface area (Å²) in [6.07, 6.45) is 5.95. The number of hydrogen-bond acceptors (Lipinski definition) is 1. The Hall–Kier alpha value is -0.240. The maximum absolute atomic E-state index is 11.7. The monoisotopic (exact) mass is 245 g/mol.